The van der Waals surface area contributed by atoms with Crippen LogP contribution in [-0.4, -0.2) is 28.1 Å². The summed E-state index contributed by atoms with van der Waals surface area (Å²) in [5, 5.41) is 14.0. The van der Waals surface area contributed by atoms with Crippen molar-refractivity contribution in [2.45, 2.75) is 6.42 Å². The lowest BCUT2D eigenvalue weighted by Gasteiger charge is -2.08. The van der Waals surface area contributed by atoms with Gasteiger partial charge in [0.05, 0.1) is 12.0 Å². The Balaban J connectivity index is 2.00. The van der Waals surface area contributed by atoms with Gasteiger partial charge in [-0.3, -0.25) is 10.1 Å². The number of hydrogen-bond acceptors (Lipinski definition) is 5. The van der Waals surface area contributed by atoms with Gasteiger partial charge in [-0.1, -0.05) is 0 Å². The first-order chi connectivity index (χ1) is 9.61. The highest BCUT2D eigenvalue weighted by Gasteiger charge is 2.14. The van der Waals surface area contributed by atoms with Gasteiger partial charge in [-0.15, -0.1) is 0 Å². The van der Waals surface area contributed by atoms with Crippen LogP contribution in [0.2, 0.25) is 0 Å². The lowest BCUT2D eigenvalue weighted by molar-refractivity contribution is -0.385. The van der Waals surface area contributed by atoms with Gasteiger partial charge >= 0.3 is 5.69 Å². The zero-order valence-electron chi connectivity index (χ0n) is 11.4. The van der Waals surface area contributed by atoms with Gasteiger partial charge < -0.3 is 14.6 Å². The van der Waals surface area contributed by atoms with Crippen LogP contribution in [0.15, 0.2) is 30.6 Å². The van der Waals surface area contributed by atoms with Crippen LogP contribution in [0.25, 0.3) is 0 Å². The smallest absolute Gasteiger partial charge is 0.311 e. The molecular weight excluding hydrogens is 260 g/mol. The fourth-order valence-electron chi connectivity index (χ4n) is 1.89. The normalized spacial score (nSPS) is 10.3. The number of hydrogen-bond donors (Lipinski definition) is 1. The second kappa shape index (κ2) is 6.05. The van der Waals surface area contributed by atoms with Gasteiger partial charge in [0.25, 0.3) is 0 Å². The molecule has 0 saturated heterocycles. The van der Waals surface area contributed by atoms with Crippen LogP contribution in [0.3, 0.4) is 0 Å². The standard InChI is InChI=1S/C13H16N4O3/c1-16-8-7-15-13(16)5-6-14-10-3-4-11(17(18)19)12(9-10)20-2/h3-4,7-9,14H,5-6H2,1-2H3. The zero-order chi connectivity index (χ0) is 14.5. The Morgan fingerprint density at radius 1 is 1.50 bits per heavy atom. The molecule has 7 heteroatoms. The molecule has 0 aliphatic rings. The predicted octanol–water partition coefficient (Wildman–Crippen LogP) is 1.99. The van der Waals surface area contributed by atoms with Crippen LogP contribution in [0.5, 0.6) is 5.75 Å². The molecule has 0 atom stereocenters. The highest BCUT2D eigenvalue weighted by molar-refractivity contribution is 5.57. The molecule has 0 radical (unpaired) electrons. The first-order valence-electron chi connectivity index (χ1n) is 6.14. The van der Waals surface area contributed by atoms with Gasteiger partial charge in [-0.25, -0.2) is 4.98 Å². The lowest BCUT2D eigenvalue weighted by atomic mass is 10.2. The van der Waals surface area contributed by atoms with Gasteiger partial charge in [0.15, 0.2) is 5.75 Å². The van der Waals surface area contributed by atoms with Gasteiger partial charge in [0, 0.05) is 50.2 Å². The molecule has 1 heterocycles. The van der Waals surface area contributed by atoms with E-state index in [2.05, 4.69) is 10.3 Å². The van der Waals surface area contributed by atoms with E-state index in [-0.39, 0.29) is 11.4 Å². The van der Waals surface area contributed by atoms with E-state index in [1.165, 1.54) is 13.2 Å². The maximum atomic E-state index is 10.8. The summed E-state index contributed by atoms with van der Waals surface area (Å²) in [5.41, 5.74) is 0.740. The highest BCUT2D eigenvalue weighted by atomic mass is 16.6. The summed E-state index contributed by atoms with van der Waals surface area (Å²) < 4.78 is 6.98. The van der Waals surface area contributed by atoms with Crippen molar-refractivity contribution in [1.29, 1.82) is 0 Å². The molecule has 0 spiro atoms. The van der Waals surface area contributed by atoms with Crippen LogP contribution in [0.1, 0.15) is 5.82 Å². The van der Waals surface area contributed by atoms with Crippen molar-refractivity contribution in [3.8, 4) is 5.75 Å². The SMILES string of the molecule is COc1cc(NCCc2nccn2C)ccc1[N+](=O)[O-]. The third-order valence-corrected chi connectivity index (χ3v) is 2.98. The summed E-state index contributed by atoms with van der Waals surface area (Å²) in [4.78, 5) is 14.6. The van der Waals surface area contributed by atoms with E-state index in [1.807, 2.05) is 17.8 Å². The second-order valence-electron chi connectivity index (χ2n) is 4.27. The number of methoxy groups -OCH3 is 1. The molecule has 1 N–H and O–H groups in total. The number of nitrogens with zero attached hydrogens (tertiary/aromatic N) is 3. The minimum Gasteiger partial charge on any atom is -0.490 e. The molecule has 2 rings (SSSR count). The molecule has 20 heavy (non-hydrogen) atoms. The van der Waals surface area contributed by atoms with Crippen molar-refractivity contribution in [2.24, 2.45) is 7.05 Å². The van der Waals surface area contributed by atoms with E-state index >= 15 is 0 Å². The van der Waals surface area contributed by atoms with E-state index in [0.29, 0.717) is 6.54 Å². The number of anilines is 1. The van der Waals surface area contributed by atoms with Crippen LogP contribution < -0.4 is 10.1 Å². The molecule has 106 valence electrons. The van der Waals surface area contributed by atoms with Crippen molar-refractivity contribution < 1.29 is 9.66 Å². The number of imidazole rings is 1. The summed E-state index contributed by atoms with van der Waals surface area (Å²) in [6.07, 6.45) is 4.41. The van der Waals surface area contributed by atoms with Crippen LogP contribution in [0.4, 0.5) is 11.4 Å². The summed E-state index contributed by atoms with van der Waals surface area (Å²) in [6, 6.07) is 4.72. The molecule has 0 amide bonds. The molecule has 1 aromatic carbocycles. The molecule has 0 saturated carbocycles. The number of rotatable bonds is 6. The Kier molecular flexibility index (Phi) is 4.19. The number of benzene rings is 1. The molecular formula is C13H16N4O3. The summed E-state index contributed by atoms with van der Waals surface area (Å²) >= 11 is 0. The van der Waals surface area contributed by atoms with E-state index in [9.17, 15) is 10.1 Å². The number of nitro groups is 1. The molecule has 0 aliphatic carbocycles. The molecule has 0 unspecified atom stereocenters. The van der Waals surface area contributed by atoms with E-state index in [0.717, 1.165) is 17.9 Å². The van der Waals surface area contributed by atoms with Gasteiger partial charge in [0.1, 0.15) is 5.82 Å². The van der Waals surface area contributed by atoms with Crippen molar-refractivity contribution in [2.75, 3.05) is 19.0 Å². The Labute approximate surface area is 116 Å². The minimum absolute atomic E-state index is 0.0397. The Hall–Kier alpha value is -2.57. The highest BCUT2D eigenvalue weighted by Crippen LogP contribution is 2.29. The predicted molar refractivity (Wildman–Crippen MR) is 75.1 cm³/mol. The number of aromatic nitrogens is 2. The molecule has 0 fully saturated rings. The van der Waals surface area contributed by atoms with Crippen molar-refractivity contribution in [3.05, 3.63) is 46.5 Å². The lowest BCUT2D eigenvalue weighted by Crippen LogP contribution is -2.08. The molecule has 0 bridgehead atoms. The van der Waals surface area contributed by atoms with E-state index < -0.39 is 4.92 Å². The topological polar surface area (TPSA) is 82.2 Å². The van der Waals surface area contributed by atoms with Crippen molar-refractivity contribution >= 4 is 11.4 Å². The quantitative estimate of drug-likeness (QED) is 0.644. The Morgan fingerprint density at radius 3 is 2.90 bits per heavy atom. The van der Waals surface area contributed by atoms with E-state index in [4.69, 9.17) is 4.74 Å². The molecule has 1 aromatic heterocycles. The number of nitrogens with one attached hydrogen (secondary N) is 1. The summed E-state index contributed by atoms with van der Waals surface area (Å²) in [7, 11) is 3.36. The molecule has 7 nitrogen and oxygen atoms in total. The van der Waals surface area contributed by atoms with Crippen LogP contribution in [0, 0.1) is 10.1 Å². The van der Waals surface area contributed by atoms with Gasteiger partial charge in [0.2, 0.25) is 0 Å². The van der Waals surface area contributed by atoms with Crippen LogP contribution in [-0.2, 0) is 13.5 Å². The maximum absolute atomic E-state index is 10.8. The minimum atomic E-state index is -0.462. The average molecular weight is 276 g/mol. The number of ether oxygens (including phenoxy) is 1. The number of nitro benzene ring substituents is 1. The Morgan fingerprint density at radius 2 is 2.30 bits per heavy atom. The third kappa shape index (κ3) is 3.05. The van der Waals surface area contributed by atoms with Gasteiger partial charge in [-0.2, -0.15) is 0 Å². The summed E-state index contributed by atoms with van der Waals surface area (Å²) in [6.45, 7) is 0.686. The summed E-state index contributed by atoms with van der Waals surface area (Å²) in [5.74, 6) is 1.23. The largest absolute Gasteiger partial charge is 0.490 e. The fourth-order valence-corrected chi connectivity index (χ4v) is 1.89. The van der Waals surface area contributed by atoms with Gasteiger partial charge in [-0.05, 0) is 6.07 Å². The first kappa shape index (κ1) is 13.9. The van der Waals surface area contributed by atoms with Crippen molar-refractivity contribution in [1.82, 2.24) is 9.55 Å². The molecule has 2 aromatic rings. The number of aryl methyl sites for hydroxylation is 1. The first-order valence-corrected chi connectivity index (χ1v) is 6.14. The van der Waals surface area contributed by atoms with Crippen molar-refractivity contribution in [3.63, 3.8) is 0 Å². The second-order valence-corrected chi connectivity index (χ2v) is 4.27. The fraction of sp³-hybridized carbons (Fsp3) is 0.308. The molecule has 0 aliphatic heterocycles. The Bertz CT molecular complexity index is 609. The monoisotopic (exact) mass is 276 g/mol. The third-order valence-electron chi connectivity index (χ3n) is 2.98. The average Bonchev–Trinajstić information content (AvgIpc) is 2.84. The zero-order valence-corrected chi connectivity index (χ0v) is 11.4. The van der Waals surface area contributed by atoms with Crippen LogP contribution >= 0.6 is 0 Å². The maximum Gasteiger partial charge on any atom is 0.311 e. The van der Waals surface area contributed by atoms with E-state index in [1.54, 1.807) is 18.3 Å².